The number of rotatable bonds is 5. The average Bonchev–Trinajstić information content (AvgIpc) is 2.52. The minimum atomic E-state index is -1.46. The Hall–Kier alpha value is -2.37. The molecule has 0 aliphatic carbocycles. The summed E-state index contributed by atoms with van der Waals surface area (Å²) in [4.78, 5) is 23.5. The molecule has 0 bridgehead atoms. The van der Waals surface area contributed by atoms with Crippen LogP contribution in [0, 0.1) is 0 Å². The van der Waals surface area contributed by atoms with Crippen molar-refractivity contribution in [3.8, 4) is 0 Å². The van der Waals surface area contributed by atoms with Crippen molar-refractivity contribution >= 4 is 23.5 Å². The molecule has 0 heterocycles. The van der Waals surface area contributed by atoms with Gasteiger partial charge in [-0.3, -0.25) is 4.79 Å². The second-order valence-electron chi connectivity index (χ2n) is 4.66. The summed E-state index contributed by atoms with van der Waals surface area (Å²) in [6.45, 7) is 0. The van der Waals surface area contributed by atoms with E-state index in [1.165, 1.54) is 12.1 Å². The zero-order chi connectivity index (χ0) is 16.1. The highest BCUT2D eigenvalue weighted by atomic mass is 35.5. The molecule has 2 atom stereocenters. The van der Waals surface area contributed by atoms with Crippen LogP contribution in [0.1, 0.15) is 22.0 Å². The van der Waals surface area contributed by atoms with Gasteiger partial charge in [0.25, 0.3) is 5.91 Å². The zero-order valence-electron chi connectivity index (χ0n) is 11.4. The molecule has 0 saturated carbocycles. The molecule has 0 fully saturated rings. The first-order valence-electron chi connectivity index (χ1n) is 6.51. The first-order valence-corrected chi connectivity index (χ1v) is 6.89. The van der Waals surface area contributed by atoms with Gasteiger partial charge in [0.05, 0.1) is 0 Å². The van der Waals surface area contributed by atoms with Crippen LogP contribution >= 0.6 is 11.6 Å². The van der Waals surface area contributed by atoms with Gasteiger partial charge < -0.3 is 15.5 Å². The van der Waals surface area contributed by atoms with Crippen LogP contribution in [-0.2, 0) is 4.79 Å². The summed E-state index contributed by atoms with van der Waals surface area (Å²) in [5, 5.41) is 22.1. The van der Waals surface area contributed by atoms with E-state index >= 15 is 0 Å². The van der Waals surface area contributed by atoms with Crippen LogP contribution in [0.4, 0.5) is 0 Å². The second-order valence-corrected chi connectivity index (χ2v) is 5.09. The smallest absolute Gasteiger partial charge is 0.329 e. The number of aliphatic hydroxyl groups excluding tert-OH is 1. The number of halogens is 1. The van der Waals surface area contributed by atoms with Gasteiger partial charge in [-0.05, 0) is 23.8 Å². The molecule has 1 amide bonds. The fraction of sp³-hybridized carbons (Fsp3) is 0.125. The molecule has 22 heavy (non-hydrogen) atoms. The van der Waals surface area contributed by atoms with Crippen LogP contribution in [0.2, 0.25) is 5.02 Å². The van der Waals surface area contributed by atoms with E-state index < -0.39 is 24.0 Å². The minimum absolute atomic E-state index is 0.221. The van der Waals surface area contributed by atoms with Crippen LogP contribution in [0.15, 0.2) is 54.6 Å². The third-order valence-corrected chi connectivity index (χ3v) is 3.33. The number of hydrogen-bond donors (Lipinski definition) is 3. The molecule has 0 aliphatic heterocycles. The number of aliphatic hydroxyl groups is 1. The van der Waals surface area contributed by atoms with Gasteiger partial charge in [-0.2, -0.15) is 0 Å². The third-order valence-electron chi connectivity index (χ3n) is 3.10. The number of carbonyl (C=O) groups is 2. The highest BCUT2D eigenvalue weighted by molar-refractivity contribution is 6.31. The predicted octanol–water partition coefficient (Wildman–Crippen LogP) is 2.26. The third kappa shape index (κ3) is 3.84. The maximum absolute atomic E-state index is 12.1. The maximum atomic E-state index is 12.1. The van der Waals surface area contributed by atoms with Gasteiger partial charge in [0.15, 0.2) is 6.04 Å². The largest absolute Gasteiger partial charge is 0.480 e. The lowest BCUT2D eigenvalue weighted by molar-refractivity contribution is -0.142. The molecule has 114 valence electrons. The number of amides is 1. The van der Waals surface area contributed by atoms with Crippen molar-refractivity contribution in [1.29, 1.82) is 0 Å². The van der Waals surface area contributed by atoms with E-state index in [1.54, 1.807) is 42.5 Å². The molecule has 2 unspecified atom stereocenters. The molecule has 0 saturated heterocycles. The Bertz CT molecular complexity index is 675. The summed E-state index contributed by atoms with van der Waals surface area (Å²) in [5.41, 5.74) is 0.625. The second kappa shape index (κ2) is 7.06. The molecule has 0 aromatic heterocycles. The molecule has 0 radical (unpaired) electrons. The minimum Gasteiger partial charge on any atom is -0.480 e. The molecular formula is C16H14ClNO4. The van der Waals surface area contributed by atoms with Crippen molar-refractivity contribution in [1.82, 2.24) is 5.32 Å². The fourth-order valence-electron chi connectivity index (χ4n) is 1.97. The van der Waals surface area contributed by atoms with Crippen molar-refractivity contribution in [2.45, 2.75) is 12.1 Å². The van der Waals surface area contributed by atoms with E-state index in [2.05, 4.69) is 5.32 Å². The number of hydrogen-bond acceptors (Lipinski definition) is 3. The summed E-state index contributed by atoms with van der Waals surface area (Å²) in [7, 11) is 0. The topological polar surface area (TPSA) is 86.6 Å². The SMILES string of the molecule is O=C(NC(C(=O)O)C(O)c1ccccc1)c1cccc(Cl)c1. The number of carboxylic acid groups (broad SMARTS) is 1. The molecule has 2 aromatic carbocycles. The number of benzene rings is 2. The van der Waals surface area contributed by atoms with Gasteiger partial charge in [0.2, 0.25) is 0 Å². The quantitative estimate of drug-likeness (QED) is 0.789. The van der Waals surface area contributed by atoms with E-state index in [9.17, 15) is 19.8 Å². The lowest BCUT2D eigenvalue weighted by atomic mass is 10.0. The van der Waals surface area contributed by atoms with Crippen LogP contribution < -0.4 is 5.32 Å². The average molecular weight is 320 g/mol. The van der Waals surface area contributed by atoms with E-state index in [-0.39, 0.29) is 5.56 Å². The van der Waals surface area contributed by atoms with Gasteiger partial charge in [0.1, 0.15) is 6.10 Å². The Balaban J connectivity index is 2.19. The van der Waals surface area contributed by atoms with E-state index in [1.807, 2.05) is 0 Å². The fourth-order valence-corrected chi connectivity index (χ4v) is 2.16. The van der Waals surface area contributed by atoms with E-state index in [4.69, 9.17) is 11.6 Å². The summed E-state index contributed by atoms with van der Waals surface area (Å²) in [6, 6.07) is 12.9. The highest BCUT2D eigenvalue weighted by Crippen LogP contribution is 2.18. The van der Waals surface area contributed by atoms with Gasteiger partial charge >= 0.3 is 5.97 Å². The monoisotopic (exact) mass is 319 g/mol. The first-order chi connectivity index (χ1) is 10.5. The highest BCUT2D eigenvalue weighted by Gasteiger charge is 2.29. The molecular weight excluding hydrogens is 306 g/mol. The van der Waals surface area contributed by atoms with Crippen molar-refractivity contribution in [2.75, 3.05) is 0 Å². The van der Waals surface area contributed by atoms with E-state index in [0.717, 1.165) is 0 Å². The Labute approximate surface area is 132 Å². The Morgan fingerprint density at radius 2 is 1.73 bits per heavy atom. The molecule has 2 aromatic rings. The molecule has 0 spiro atoms. The van der Waals surface area contributed by atoms with Crippen molar-refractivity contribution < 1.29 is 19.8 Å². The summed E-state index contributed by atoms with van der Waals surface area (Å²) >= 11 is 5.80. The van der Waals surface area contributed by atoms with Gasteiger partial charge in [-0.1, -0.05) is 48.0 Å². The number of nitrogens with one attached hydrogen (secondary N) is 1. The van der Waals surface area contributed by atoms with Crippen LogP contribution in [0.5, 0.6) is 0 Å². The first kappa shape index (κ1) is 16.0. The number of aliphatic carboxylic acids is 1. The zero-order valence-corrected chi connectivity index (χ0v) is 12.2. The number of carbonyl (C=O) groups excluding carboxylic acids is 1. The Morgan fingerprint density at radius 1 is 1.05 bits per heavy atom. The van der Waals surface area contributed by atoms with Crippen molar-refractivity contribution in [3.05, 3.63) is 70.7 Å². The Morgan fingerprint density at radius 3 is 2.32 bits per heavy atom. The predicted molar refractivity (Wildman–Crippen MR) is 81.7 cm³/mol. The molecule has 0 aliphatic rings. The normalized spacial score (nSPS) is 13.2. The van der Waals surface area contributed by atoms with Crippen molar-refractivity contribution in [2.24, 2.45) is 0 Å². The molecule has 5 nitrogen and oxygen atoms in total. The lowest BCUT2D eigenvalue weighted by Crippen LogP contribution is -2.45. The molecule has 3 N–H and O–H groups in total. The van der Waals surface area contributed by atoms with Crippen LogP contribution in [0.3, 0.4) is 0 Å². The Kier molecular flexibility index (Phi) is 5.14. The standard InChI is InChI=1S/C16H14ClNO4/c17-12-8-4-7-11(9-12)15(20)18-13(16(21)22)14(19)10-5-2-1-3-6-10/h1-9,13-14,19H,(H,18,20)(H,21,22). The van der Waals surface area contributed by atoms with E-state index in [0.29, 0.717) is 10.6 Å². The summed E-state index contributed by atoms with van der Waals surface area (Å²) in [5.74, 6) is -1.95. The van der Waals surface area contributed by atoms with Gasteiger partial charge in [-0.25, -0.2) is 4.79 Å². The maximum Gasteiger partial charge on any atom is 0.329 e. The summed E-state index contributed by atoms with van der Waals surface area (Å²) in [6.07, 6.45) is -1.36. The number of carboxylic acids is 1. The van der Waals surface area contributed by atoms with Crippen LogP contribution in [-0.4, -0.2) is 28.1 Å². The summed E-state index contributed by atoms with van der Waals surface area (Å²) < 4.78 is 0. The molecule has 6 heteroatoms. The van der Waals surface area contributed by atoms with Gasteiger partial charge in [-0.15, -0.1) is 0 Å². The van der Waals surface area contributed by atoms with Crippen LogP contribution in [0.25, 0.3) is 0 Å². The van der Waals surface area contributed by atoms with Crippen molar-refractivity contribution in [3.63, 3.8) is 0 Å². The van der Waals surface area contributed by atoms with Gasteiger partial charge in [0, 0.05) is 10.6 Å². The lowest BCUT2D eigenvalue weighted by Gasteiger charge is -2.20. The molecule has 2 rings (SSSR count).